The van der Waals surface area contributed by atoms with Gasteiger partial charge in [-0.3, -0.25) is 0 Å². The van der Waals surface area contributed by atoms with E-state index in [9.17, 15) is 5.26 Å². The minimum absolute atomic E-state index is 0.000626. The zero-order valence-corrected chi connectivity index (χ0v) is 10.1. The molecule has 2 atom stereocenters. The highest BCUT2D eigenvalue weighted by molar-refractivity contribution is 5.32. The van der Waals surface area contributed by atoms with Crippen LogP contribution in [0.4, 0.5) is 0 Å². The van der Waals surface area contributed by atoms with Crippen LogP contribution >= 0.6 is 0 Å². The molecule has 0 bridgehead atoms. The molecule has 0 amide bonds. The molecule has 90 valence electrons. The van der Waals surface area contributed by atoms with Crippen LogP contribution < -0.4 is 10.1 Å². The maximum Gasteiger partial charge on any atom is 0.119 e. The lowest BCUT2D eigenvalue weighted by Gasteiger charge is -2.16. The van der Waals surface area contributed by atoms with Crippen molar-refractivity contribution in [3.63, 3.8) is 0 Å². The molecule has 2 unspecified atom stereocenters. The summed E-state index contributed by atoms with van der Waals surface area (Å²) in [6.07, 6.45) is 1.09. The van der Waals surface area contributed by atoms with Crippen LogP contribution in [0.15, 0.2) is 24.3 Å². The maximum atomic E-state index is 9.30. The molecular formula is C14H18N2O. The van der Waals surface area contributed by atoms with Crippen molar-refractivity contribution in [1.82, 2.24) is 5.32 Å². The highest BCUT2D eigenvalue weighted by atomic mass is 16.5. The van der Waals surface area contributed by atoms with E-state index < -0.39 is 0 Å². The number of nitrogens with one attached hydrogen (secondary N) is 1. The monoisotopic (exact) mass is 230 g/mol. The lowest BCUT2D eigenvalue weighted by molar-refractivity contribution is 0.340. The Morgan fingerprint density at radius 1 is 1.47 bits per heavy atom. The van der Waals surface area contributed by atoms with Gasteiger partial charge in [0.15, 0.2) is 0 Å². The van der Waals surface area contributed by atoms with Gasteiger partial charge in [0.1, 0.15) is 5.75 Å². The molecule has 1 fully saturated rings. The number of benzene rings is 1. The van der Waals surface area contributed by atoms with Crippen LogP contribution in [0.2, 0.25) is 0 Å². The SMILES string of the molecule is CCOc1ccc(C(C#N)C2CCNC2)cc1. The second kappa shape index (κ2) is 5.70. The van der Waals surface area contributed by atoms with Crippen LogP contribution in [0.3, 0.4) is 0 Å². The van der Waals surface area contributed by atoms with E-state index in [0.717, 1.165) is 30.8 Å². The highest BCUT2D eigenvalue weighted by Gasteiger charge is 2.25. The van der Waals surface area contributed by atoms with E-state index >= 15 is 0 Å². The van der Waals surface area contributed by atoms with Gasteiger partial charge < -0.3 is 10.1 Å². The molecule has 0 saturated carbocycles. The Labute approximate surface area is 102 Å². The van der Waals surface area contributed by atoms with E-state index in [4.69, 9.17) is 4.74 Å². The van der Waals surface area contributed by atoms with E-state index in [1.54, 1.807) is 0 Å². The molecule has 1 aliphatic rings. The molecule has 0 aliphatic carbocycles. The van der Waals surface area contributed by atoms with Crippen molar-refractivity contribution in [3.8, 4) is 11.8 Å². The average molecular weight is 230 g/mol. The molecule has 1 saturated heterocycles. The van der Waals surface area contributed by atoms with Crippen molar-refractivity contribution >= 4 is 0 Å². The summed E-state index contributed by atoms with van der Waals surface area (Å²) in [6.45, 7) is 4.62. The van der Waals surface area contributed by atoms with Crippen LogP contribution in [0.1, 0.15) is 24.8 Å². The Hall–Kier alpha value is -1.53. The quantitative estimate of drug-likeness (QED) is 0.863. The van der Waals surface area contributed by atoms with Gasteiger partial charge in [0.05, 0.1) is 18.6 Å². The molecular weight excluding hydrogens is 212 g/mol. The van der Waals surface area contributed by atoms with E-state index in [-0.39, 0.29) is 5.92 Å². The Balaban J connectivity index is 2.11. The third kappa shape index (κ3) is 2.78. The first-order chi connectivity index (χ1) is 8.35. The Kier molecular flexibility index (Phi) is 4.00. The minimum Gasteiger partial charge on any atom is -0.494 e. The summed E-state index contributed by atoms with van der Waals surface area (Å²) in [6, 6.07) is 10.4. The van der Waals surface area contributed by atoms with E-state index in [1.165, 1.54) is 0 Å². The van der Waals surface area contributed by atoms with Gasteiger partial charge in [-0.05, 0) is 50.0 Å². The Morgan fingerprint density at radius 3 is 2.76 bits per heavy atom. The smallest absolute Gasteiger partial charge is 0.119 e. The van der Waals surface area contributed by atoms with Gasteiger partial charge in [-0.15, -0.1) is 0 Å². The number of hydrogen-bond donors (Lipinski definition) is 1. The van der Waals surface area contributed by atoms with Crippen molar-refractivity contribution in [1.29, 1.82) is 5.26 Å². The Bertz CT molecular complexity index is 388. The van der Waals surface area contributed by atoms with Gasteiger partial charge in [0.2, 0.25) is 0 Å². The lowest BCUT2D eigenvalue weighted by Crippen LogP contribution is -2.15. The summed E-state index contributed by atoms with van der Waals surface area (Å²) in [5.74, 6) is 1.32. The zero-order chi connectivity index (χ0) is 12.1. The van der Waals surface area contributed by atoms with Crippen LogP contribution in [0, 0.1) is 17.2 Å². The van der Waals surface area contributed by atoms with E-state index in [0.29, 0.717) is 12.5 Å². The molecule has 1 aliphatic heterocycles. The van der Waals surface area contributed by atoms with Crippen LogP contribution in [0.5, 0.6) is 5.75 Å². The predicted molar refractivity (Wildman–Crippen MR) is 66.9 cm³/mol. The summed E-state index contributed by atoms with van der Waals surface area (Å²) >= 11 is 0. The van der Waals surface area contributed by atoms with Crippen molar-refractivity contribution in [3.05, 3.63) is 29.8 Å². The molecule has 1 aromatic carbocycles. The molecule has 0 aromatic heterocycles. The average Bonchev–Trinajstić information content (AvgIpc) is 2.86. The standard InChI is InChI=1S/C14H18N2O/c1-2-17-13-5-3-11(4-6-13)14(9-15)12-7-8-16-10-12/h3-6,12,14,16H,2,7-8,10H2,1H3. The fourth-order valence-corrected chi connectivity index (χ4v) is 2.35. The Morgan fingerprint density at radius 2 is 2.24 bits per heavy atom. The first-order valence-electron chi connectivity index (χ1n) is 6.18. The maximum absolute atomic E-state index is 9.30. The molecule has 1 heterocycles. The van der Waals surface area contributed by atoms with Gasteiger partial charge in [0.25, 0.3) is 0 Å². The van der Waals surface area contributed by atoms with Crippen molar-refractivity contribution in [2.45, 2.75) is 19.3 Å². The van der Waals surface area contributed by atoms with Crippen molar-refractivity contribution in [2.24, 2.45) is 5.92 Å². The summed E-state index contributed by atoms with van der Waals surface area (Å²) in [4.78, 5) is 0. The van der Waals surface area contributed by atoms with Crippen LogP contribution in [-0.2, 0) is 0 Å². The third-order valence-corrected chi connectivity index (χ3v) is 3.26. The van der Waals surface area contributed by atoms with Gasteiger partial charge >= 0.3 is 0 Å². The molecule has 2 rings (SSSR count). The molecule has 0 radical (unpaired) electrons. The number of nitriles is 1. The summed E-state index contributed by atoms with van der Waals surface area (Å²) in [7, 11) is 0. The third-order valence-electron chi connectivity index (χ3n) is 3.26. The lowest BCUT2D eigenvalue weighted by atomic mass is 9.86. The normalized spacial score (nSPS) is 20.8. The van der Waals surface area contributed by atoms with Crippen molar-refractivity contribution in [2.75, 3.05) is 19.7 Å². The largest absolute Gasteiger partial charge is 0.494 e. The fourth-order valence-electron chi connectivity index (χ4n) is 2.35. The summed E-state index contributed by atoms with van der Waals surface area (Å²) in [5.41, 5.74) is 1.10. The molecule has 0 spiro atoms. The van der Waals surface area contributed by atoms with Gasteiger partial charge in [-0.1, -0.05) is 12.1 Å². The van der Waals surface area contributed by atoms with E-state index in [2.05, 4.69) is 11.4 Å². The zero-order valence-electron chi connectivity index (χ0n) is 10.1. The second-order valence-corrected chi connectivity index (χ2v) is 4.36. The highest BCUT2D eigenvalue weighted by Crippen LogP contribution is 2.29. The molecule has 3 nitrogen and oxygen atoms in total. The van der Waals surface area contributed by atoms with Crippen LogP contribution in [-0.4, -0.2) is 19.7 Å². The van der Waals surface area contributed by atoms with Crippen LogP contribution in [0.25, 0.3) is 0 Å². The second-order valence-electron chi connectivity index (χ2n) is 4.36. The number of nitrogens with zero attached hydrogens (tertiary/aromatic N) is 1. The molecule has 1 aromatic rings. The molecule has 17 heavy (non-hydrogen) atoms. The predicted octanol–water partition coefficient (Wildman–Crippen LogP) is 2.30. The topological polar surface area (TPSA) is 45.0 Å². The number of rotatable bonds is 4. The van der Waals surface area contributed by atoms with Gasteiger partial charge in [0, 0.05) is 0 Å². The minimum atomic E-state index is 0.000626. The molecule has 1 N–H and O–H groups in total. The first-order valence-corrected chi connectivity index (χ1v) is 6.18. The summed E-state index contributed by atoms with van der Waals surface area (Å²) in [5, 5.41) is 12.6. The van der Waals surface area contributed by atoms with Crippen molar-refractivity contribution < 1.29 is 4.74 Å². The number of hydrogen-bond acceptors (Lipinski definition) is 3. The molecule has 3 heteroatoms. The summed E-state index contributed by atoms with van der Waals surface area (Å²) < 4.78 is 5.40. The first kappa shape index (κ1) is 11.9. The van der Waals surface area contributed by atoms with Gasteiger partial charge in [-0.2, -0.15) is 5.26 Å². The number of ether oxygens (including phenoxy) is 1. The van der Waals surface area contributed by atoms with Gasteiger partial charge in [-0.25, -0.2) is 0 Å². The van der Waals surface area contributed by atoms with E-state index in [1.807, 2.05) is 31.2 Å². The fraction of sp³-hybridized carbons (Fsp3) is 0.500.